The Morgan fingerprint density at radius 3 is 2.78 bits per heavy atom. The molecule has 0 atom stereocenters. The third-order valence-corrected chi connectivity index (χ3v) is 3.08. The summed E-state index contributed by atoms with van der Waals surface area (Å²) in [6, 6.07) is 13.7. The molecular formula is C18H14ClNO3. The van der Waals surface area contributed by atoms with Crippen molar-refractivity contribution in [1.82, 2.24) is 0 Å². The van der Waals surface area contributed by atoms with E-state index in [1.807, 2.05) is 19.1 Å². The molecule has 0 bridgehead atoms. The molecule has 0 heterocycles. The molecule has 0 aromatic heterocycles. The molecule has 23 heavy (non-hydrogen) atoms. The minimum absolute atomic E-state index is 0.270. The van der Waals surface area contributed by atoms with Gasteiger partial charge in [0.2, 0.25) is 0 Å². The highest BCUT2D eigenvalue weighted by Gasteiger charge is 2.09. The number of hydrogen-bond acceptors (Lipinski definition) is 4. The average molecular weight is 328 g/mol. The lowest BCUT2D eigenvalue weighted by Crippen LogP contribution is -2.06. The lowest BCUT2D eigenvalue weighted by atomic mass is 10.2. The van der Waals surface area contributed by atoms with Crippen LogP contribution in [-0.2, 0) is 4.79 Å². The van der Waals surface area contributed by atoms with E-state index in [9.17, 15) is 4.79 Å². The number of ether oxygens (including phenoxy) is 2. The number of rotatable bonds is 5. The Morgan fingerprint density at radius 2 is 2.09 bits per heavy atom. The Hall–Kier alpha value is -2.77. The minimum Gasteiger partial charge on any atom is -0.490 e. The van der Waals surface area contributed by atoms with Crippen LogP contribution in [0.3, 0.4) is 0 Å². The van der Waals surface area contributed by atoms with Crippen molar-refractivity contribution in [3.8, 4) is 17.6 Å². The number of halogens is 1. The van der Waals surface area contributed by atoms with E-state index in [4.69, 9.17) is 26.3 Å². The van der Waals surface area contributed by atoms with Gasteiger partial charge in [-0.15, -0.1) is 0 Å². The van der Waals surface area contributed by atoms with Gasteiger partial charge in [0.15, 0.2) is 11.5 Å². The largest absolute Gasteiger partial charge is 0.490 e. The van der Waals surface area contributed by atoms with Crippen LogP contribution in [0.1, 0.15) is 18.1 Å². The second-order valence-electron chi connectivity index (χ2n) is 4.52. The first kappa shape index (κ1) is 16.6. The van der Waals surface area contributed by atoms with Gasteiger partial charge in [-0.3, -0.25) is 0 Å². The van der Waals surface area contributed by atoms with Gasteiger partial charge in [-0.05, 0) is 42.8 Å². The number of benzene rings is 2. The van der Waals surface area contributed by atoms with Crippen molar-refractivity contribution in [2.75, 3.05) is 6.61 Å². The summed E-state index contributed by atoms with van der Waals surface area (Å²) in [5, 5.41) is 9.49. The second kappa shape index (κ2) is 8.02. The van der Waals surface area contributed by atoms with Crippen molar-refractivity contribution < 1.29 is 14.3 Å². The Bertz CT molecular complexity index is 778. The normalized spacial score (nSPS) is 10.3. The maximum atomic E-state index is 11.9. The predicted octanol–water partition coefficient (Wildman–Crippen LogP) is 4.23. The zero-order valence-electron chi connectivity index (χ0n) is 12.5. The topological polar surface area (TPSA) is 59.3 Å². The second-order valence-corrected chi connectivity index (χ2v) is 4.95. The zero-order chi connectivity index (χ0) is 16.7. The van der Waals surface area contributed by atoms with E-state index in [1.165, 1.54) is 18.2 Å². The predicted molar refractivity (Wildman–Crippen MR) is 88.4 cm³/mol. The van der Waals surface area contributed by atoms with Crippen LogP contribution < -0.4 is 9.47 Å². The molecule has 4 nitrogen and oxygen atoms in total. The number of nitriles is 1. The quantitative estimate of drug-likeness (QED) is 0.468. The SMILES string of the molecule is CCOc1cc(C#N)ccc1OC(=O)/C=C/c1cccc(Cl)c1. The van der Waals surface area contributed by atoms with Gasteiger partial charge < -0.3 is 9.47 Å². The Morgan fingerprint density at radius 1 is 1.26 bits per heavy atom. The first-order valence-electron chi connectivity index (χ1n) is 6.94. The molecule has 0 aliphatic rings. The molecule has 0 N–H and O–H groups in total. The van der Waals surface area contributed by atoms with E-state index in [-0.39, 0.29) is 5.75 Å². The van der Waals surface area contributed by atoms with Gasteiger partial charge in [0.25, 0.3) is 0 Å². The summed E-state index contributed by atoms with van der Waals surface area (Å²) in [6.45, 7) is 2.21. The van der Waals surface area contributed by atoms with Crippen LogP contribution in [0.2, 0.25) is 5.02 Å². The third-order valence-electron chi connectivity index (χ3n) is 2.84. The van der Waals surface area contributed by atoms with Crippen LogP contribution in [0.4, 0.5) is 0 Å². The molecule has 0 radical (unpaired) electrons. The van der Waals surface area contributed by atoms with Crippen molar-refractivity contribution in [3.63, 3.8) is 0 Å². The molecule has 0 spiro atoms. The van der Waals surface area contributed by atoms with Crippen molar-refractivity contribution >= 4 is 23.6 Å². The Labute approximate surface area is 139 Å². The summed E-state index contributed by atoms with van der Waals surface area (Å²) < 4.78 is 10.6. The van der Waals surface area contributed by atoms with Crippen LogP contribution in [-0.4, -0.2) is 12.6 Å². The molecule has 2 aromatic carbocycles. The molecule has 0 amide bonds. The van der Waals surface area contributed by atoms with Crippen LogP contribution in [0.25, 0.3) is 6.08 Å². The molecule has 0 saturated carbocycles. The number of hydrogen-bond donors (Lipinski definition) is 0. The van der Waals surface area contributed by atoms with E-state index >= 15 is 0 Å². The van der Waals surface area contributed by atoms with Gasteiger partial charge in [0, 0.05) is 17.2 Å². The summed E-state index contributed by atoms with van der Waals surface area (Å²) in [6.07, 6.45) is 2.91. The highest BCUT2D eigenvalue weighted by molar-refractivity contribution is 6.30. The molecule has 0 aliphatic heterocycles. The van der Waals surface area contributed by atoms with E-state index in [1.54, 1.807) is 30.3 Å². The fourth-order valence-electron chi connectivity index (χ4n) is 1.85. The monoisotopic (exact) mass is 327 g/mol. The number of esters is 1. The summed E-state index contributed by atoms with van der Waals surface area (Å²) in [4.78, 5) is 11.9. The molecule has 0 unspecified atom stereocenters. The van der Waals surface area contributed by atoms with Gasteiger partial charge in [-0.25, -0.2) is 4.79 Å². The Kier molecular flexibility index (Phi) is 5.79. The van der Waals surface area contributed by atoms with Gasteiger partial charge in [-0.1, -0.05) is 23.7 Å². The lowest BCUT2D eigenvalue weighted by Gasteiger charge is -2.09. The van der Waals surface area contributed by atoms with Crippen LogP contribution in [0, 0.1) is 11.3 Å². The molecule has 0 aliphatic carbocycles. The van der Waals surface area contributed by atoms with Crippen molar-refractivity contribution in [2.45, 2.75) is 6.92 Å². The van der Waals surface area contributed by atoms with E-state index in [0.717, 1.165) is 5.56 Å². The van der Waals surface area contributed by atoms with Crippen molar-refractivity contribution in [2.24, 2.45) is 0 Å². The van der Waals surface area contributed by atoms with Crippen LogP contribution in [0.15, 0.2) is 48.5 Å². The number of carbonyl (C=O) groups excluding carboxylic acids is 1. The first-order chi connectivity index (χ1) is 11.1. The van der Waals surface area contributed by atoms with Crippen molar-refractivity contribution in [1.29, 1.82) is 5.26 Å². The van der Waals surface area contributed by atoms with E-state index < -0.39 is 5.97 Å². The fraction of sp³-hybridized carbons (Fsp3) is 0.111. The maximum absolute atomic E-state index is 11.9. The summed E-state index contributed by atoms with van der Waals surface area (Å²) in [5.41, 5.74) is 1.22. The van der Waals surface area contributed by atoms with Gasteiger partial charge in [-0.2, -0.15) is 5.26 Å². The fourth-order valence-corrected chi connectivity index (χ4v) is 2.05. The molecule has 0 saturated heterocycles. The van der Waals surface area contributed by atoms with Gasteiger partial charge in [0.1, 0.15) is 0 Å². The van der Waals surface area contributed by atoms with Crippen molar-refractivity contribution in [3.05, 3.63) is 64.7 Å². The molecule has 2 aromatic rings. The highest BCUT2D eigenvalue weighted by atomic mass is 35.5. The van der Waals surface area contributed by atoms with Crippen LogP contribution in [0.5, 0.6) is 11.5 Å². The number of nitrogens with zero attached hydrogens (tertiary/aromatic N) is 1. The highest BCUT2D eigenvalue weighted by Crippen LogP contribution is 2.28. The smallest absolute Gasteiger partial charge is 0.336 e. The standard InChI is InChI=1S/C18H14ClNO3/c1-2-22-17-11-14(12-20)6-8-16(17)23-18(21)9-7-13-4-3-5-15(19)10-13/h3-11H,2H2,1H3/b9-7+. The molecule has 116 valence electrons. The summed E-state index contributed by atoms with van der Waals surface area (Å²) in [7, 11) is 0. The maximum Gasteiger partial charge on any atom is 0.336 e. The number of carbonyl (C=O) groups is 1. The summed E-state index contributed by atoms with van der Waals surface area (Å²) in [5.74, 6) is 0.0817. The first-order valence-corrected chi connectivity index (χ1v) is 7.32. The minimum atomic E-state index is -0.546. The third kappa shape index (κ3) is 4.87. The van der Waals surface area contributed by atoms with E-state index in [0.29, 0.717) is 22.9 Å². The zero-order valence-corrected chi connectivity index (χ0v) is 13.2. The lowest BCUT2D eigenvalue weighted by molar-refractivity contribution is -0.129. The molecule has 5 heteroatoms. The molecular weight excluding hydrogens is 314 g/mol. The van der Waals surface area contributed by atoms with Gasteiger partial charge in [0.05, 0.1) is 18.2 Å². The molecule has 0 fully saturated rings. The molecule has 2 rings (SSSR count). The summed E-state index contributed by atoms with van der Waals surface area (Å²) >= 11 is 5.88. The average Bonchev–Trinajstić information content (AvgIpc) is 2.55. The van der Waals surface area contributed by atoms with Gasteiger partial charge >= 0.3 is 5.97 Å². The Balaban J connectivity index is 2.12. The van der Waals surface area contributed by atoms with Crippen LogP contribution >= 0.6 is 11.6 Å². The van der Waals surface area contributed by atoms with E-state index in [2.05, 4.69) is 0 Å².